The van der Waals surface area contributed by atoms with Crippen LogP contribution in [0.1, 0.15) is 37.0 Å². The van der Waals surface area contributed by atoms with Gasteiger partial charge in [0.05, 0.1) is 11.9 Å². The van der Waals surface area contributed by atoms with Crippen molar-refractivity contribution in [1.29, 1.82) is 0 Å². The Balaban J connectivity index is 2.95. The first-order chi connectivity index (χ1) is 6.45. The molecule has 0 aliphatic rings. The zero-order valence-electron chi connectivity index (χ0n) is 8.96. The Morgan fingerprint density at radius 2 is 1.93 bits per heavy atom. The molecule has 1 amide bonds. The second kappa shape index (κ2) is 3.74. The number of nitrogens with zero attached hydrogens (tertiary/aromatic N) is 2. The number of rotatable bonds is 1. The van der Waals surface area contributed by atoms with E-state index in [9.17, 15) is 4.79 Å². The lowest BCUT2D eigenvalue weighted by Crippen LogP contribution is -2.21. The van der Waals surface area contributed by atoms with Gasteiger partial charge in [0, 0.05) is 18.7 Å². The maximum atomic E-state index is 11.2. The molecular formula is C10H15N3O. The Hall–Kier alpha value is -1.45. The summed E-state index contributed by atoms with van der Waals surface area (Å²) in [7, 11) is 1.57. The monoisotopic (exact) mass is 193 g/mol. The minimum absolute atomic E-state index is 0.0335. The van der Waals surface area contributed by atoms with Crippen molar-refractivity contribution in [3.63, 3.8) is 0 Å². The molecule has 1 aromatic heterocycles. The highest BCUT2D eigenvalue weighted by molar-refractivity contribution is 5.91. The van der Waals surface area contributed by atoms with E-state index in [-0.39, 0.29) is 11.3 Å². The van der Waals surface area contributed by atoms with Gasteiger partial charge in [-0.05, 0) is 0 Å². The van der Waals surface area contributed by atoms with E-state index < -0.39 is 0 Å². The fourth-order valence-corrected chi connectivity index (χ4v) is 0.961. The van der Waals surface area contributed by atoms with Gasteiger partial charge in [0.15, 0.2) is 0 Å². The van der Waals surface area contributed by atoms with Crippen LogP contribution in [0.25, 0.3) is 0 Å². The summed E-state index contributed by atoms with van der Waals surface area (Å²) in [4.78, 5) is 19.4. The predicted molar refractivity (Wildman–Crippen MR) is 54.1 cm³/mol. The molecule has 4 nitrogen and oxygen atoms in total. The molecule has 0 fully saturated rings. The van der Waals surface area contributed by atoms with Gasteiger partial charge < -0.3 is 5.32 Å². The van der Waals surface area contributed by atoms with Crippen molar-refractivity contribution in [2.45, 2.75) is 26.2 Å². The van der Waals surface area contributed by atoms with Crippen molar-refractivity contribution >= 4 is 5.91 Å². The molecule has 0 saturated heterocycles. The molecular weight excluding hydrogens is 178 g/mol. The Kier molecular flexibility index (Phi) is 2.84. The molecule has 1 aromatic rings. The SMILES string of the molecule is CNC(=O)c1cnc(C(C)(C)C)cn1. The molecule has 0 aromatic carbocycles. The minimum atomic E-state index is -0.210. The summed E-state index contributed by atoms with van der Waals surface area (Å²) in [6, 6.07) is 0. The standard InChI is InChI=1S/C10H15N3O/c1-10(2,3)8-6-12-7(5-13-8)9(14)11-4/h5-6H,1-4H3,(H,11,14). The molecule has 1 heterocycles. The Labute approximate surface area is 83.8 Å². The van der Waals surface area contributed by atoms with E-state index in [2.05, 4.69) is 36.1 Å². The van der Waals surface area contributed by atoms with E-state index in [0.29, 0.717) is 5.69 Å². The van der Waals surface area contributed by atoms with Gasteiger partial charge >= 0.3 is 0 Å². The number of nitrogens with one attached hydrogen (secondary N) is 1. The third-order valence-electron chi connectivity index (χ3n) is 1.88. The average Bonchev–Trinajstić information content (AvgIpc) is 2.15. The van der Waals surface area contributed by atoms with Crippen molar-refractivity contribution in [3.05, 3.63) is 23.8 Å². The van der Waals surface area contributed by atoms with Crippen LogP contribution in [0.15, 0.2) is 12.4 Å². The van der Waals surface area contributed by atoms with Crippen LogP contribution < -0.4 is 5.32 Å². The molecule has 4 heteroatoms. The van der Waals surface area contributed by atoms with E-state index in [4.69, 9.17) is 0 Å². The average molecular weight is 193 g/mol. The van der Waals surface area contributed by atoms with Crippen molar-refractivity contribution in [2.24, 2.45) is 0 Å². The summed E-state index contributed by atoms with van der Waals surface area (Å²) in [5.41, 5.74) is 1.19. The first-order valence-electron chi connectivity index (χ1n) is 4.50. The molecule has 1 rings (SSSR count). The second-order valence-corrected chi connectivity index (χ2v) is 4.12. The number of carbonyl (C=O) groups excluding carboxylic acids is 1. The number of amides is 1. The summed E-state index contributed by atoms with van der Waals surface area (Å²) in [6.45, 7) is 6.16. The lowest BCUT2D eigenvalue weighted by Gasteiger charge is -2.16. The van der Waals surface area contributed by atoms with Crippen LogP contribution in [0.5, 0.6) is 0 Å². The van der Waals surface area contributed by atoms with Crippen molar-refractivity contribution in [2.75, 3.05) is 7.05 Å². The molecule has 0 aliphatic carbocycles. The third-order valence-corrected chi connectivity index (χ3v) is 1.88. The van der Waals surface area contributed by atoms with Crippen LogP contribution in [0.3, 0.4) is 0 Å². The van der Waals surface area contributed by atoms with Crippen molar-refractivity contribution < 1.29 is 4.79 Å². The molecule has 1 N–H and O–H groups in total. The van der Waals surface area contributed by atoms with Crippen LogP contribution in [0.2, 0.25) is 0 Å². The van der Waals surface area contributed by atoms with Gasteiger partial charge in [0.2, 0.25) is 0 Å². The highest BCUT2D eigenvalue weighted by Crippen LogP contribution is 2.18. The summed E-state index contributed by atoms with van der Waals surface area (Å²) < 4.78 is 0. The first kappa shape index (κ1) is 10.6. The largest absolute Gasteiger partial charge is 0.354 e. The molecule has 76 valence electrons. The van der Waals surface area contributed by atoms with Crippen LogP contribution in [-0.2, 0) is 5.41 Å². The van der Waals surface area contributed by atoms with E-state index in [1.54, 1.807) is 13.2 Å². The summed E-state index contributed by atoms with van der Waals surface area (Å²) in [6.07, 6.45) is 3.14. The molecule has 0 saturated carbocycles. The number of aromatic nitrogens is 2. The normalized spacial score (nSPS) is 11.1. The Morgan fingerprint density at radius 1 is 1.29 bits per heavy atom. The number of hydrogen-bond donors (Lipinski definition) is 1. The number of carbonyl (C=O) groups is 1. The van der Waals surface area contributed by atoms with Gasteiger partial charge in [0.1, 0.15) is 5.69 Å². The minimum Gasteiger partial charge on any atom is -0.354 e. The van der Waals surface area contributed by atoms with Gasteiger partial charge in [-0.3, -0.25) is 9.78 Å². The second-order valence-electron chi connectivity index (χ2n) is 4.12. The Morgan fingerprint density at radius 3 is 2.29 bits per heavy atom. The molecule has 0 aliphatic heterocycles. The summed E-state index contributed by atoms with van der Waals surface area (Å²) in [5, 5.41) is 2.50. The molecule has 14 heavy (non-hydrogen) atoms. The third kappa shape index (κ3) is 2.28. The summed E-state index contributed by atoms with van der Waals surface area (Å²) in [5.74, 6) is -0.210. The van der Waals surface area contributed by atoms with E-state index in [1.165, 1.54) is 6.20 Å². The quantitative estimate of drug-likeness (QED) is 0.727. The van der Waals surface area contributed by atoms with Crippen LogP contribution in [0, 0.1) is 0 Å². The van der Waals surface area contributed by atoms with Crippen LogP contribution in [-0.4, -0.2) is 22.9 Å². The molecule has 0 bridgehead atoms. The topological polar surface area (TPSA) is 54.9 Å². The van der Waals surface area contributed by atoms with E-state index >= 15 is 0 Å². The highest BCUT2D eigenvalue weighted by Gasteiger charge is 2.16. The Bertz CT molecular complexity index is 324. The first-order valence-corrected chi connectivity index (χ1v) is 4.50. The fraction of sp³-hybridized carbons (Fsp3) is 0.500. The number of hydrogen-bond acceptors (Lipinski definition) is 3. The van der Waals surface area contributed by atoms with E-state index in [0.717, 1.165) is 5.69 Å². The molecule has 0 radical (unpaired) electrons. The zero-order chi connectivity index (χ0) is 10.8. The van der Waals surface area contributed by atoms with Gasteiger partial charge in [-0.15, -0.1) is 0 Å². The van der Waals surface area contributed by atoms with Gasteiger partial charge in [-0.1, -0.05) is 20.8 Å². The summed E-state index contributed by atoms with van der Waals surface area (Å²) >= 11 is 0. The maximum Gasteiger partial charge on any atom is 0.271 e. The van der Waals surface area contributed by atoms with Crippen molar-refractivity contribution in [1.82, 2.24) is 15.3 Å². The fourth-order valence-electron chi connectivity index (χ4n) is 0.961. The molecule has 0 spiro atoms. The molecule has 0 atom stereocenters. The highest BCUT2D eigenvalue weighted by atomic mass is 16.1. The lowest BCUT2D eigenvalue weighted by atomic mass is 9.93. The van der Waals surface area contributed by atoms with Gasteiger partial charge in [-0.2, -0.15) is 0 Å². The maximum absolute atomic E-state index is 11.2. The lowest BCUT2D eigenvalue weighted by molar-refractivity contribution is 0.0957. The van der Waals surface area contributed by atoms with Gasteiger partial charge in [-0.25, -0.2) is 4.98 Å². The van der Waals surface area contributed by atoms with Gasteiger partial charge in [0.25, 0.3) is 5.91 Å². The predicted octanol–water partition coefficient (Wildman–Crippen LogP) is 1.13. The van der Waals surface area contributed by atoms with Crippen LogP contribution in [0.4, 0.5) is 0 Å². The van der Waals surface area contributed by atoms with Crippen LogP contribution >= 0.6 is 0 Å². The van der Waals surface area contributed by atoms with E-state index in [1.807, 2.05) is 0 Å². The molecule has 0 unspecified atom stereocenters. The van der Waals surface area contributed by atoms with Crippen molar-refractivity contribution in [3.8, 4) is 0 Å². The zero-order valence-corrected chi connectivity index (χ0v) is 8.96. The smallest absolute Gasteiger partial charge is 0.271 e.